The van der Waals surface area contributed by atoms with E-state index in [0.29, 0.717) is 5.82 Å². The lowest BCUT2D eigenvalue weighted by Gasteiger charge is -2.19. The molecule has 0 fully saturated rings. The summed E-state index contributed by atoms with van der Waals surface area (Å²) in [5, 5.41) is 22.4. The number of hydrogen-bond donors (Lipinski definition) is 2. The highest BCUT2D eigenvalue weighted by Crippen LogP contribution is 2.35. The zero-order valence-electron chi connectivity index (χ0n) is 25.2. The molecule has 0 atom stereocenters. The predicted molar refractivity (Wildman–Crippen MR) is 190 cm³/mol. The fourth-order valence-corrected chi connectivity index (χ4v) is 6.07. The van der Waals surface area contributed by atoms with Crippen LogP contribution in [0.2, 0.25) is 0 Å². The van der Waals surface area contributed by atoms with Crippen LogP contribution in [0.4, 0.5) is 0 Å². The number of nitrogens with one attached hydrogen (secondary N) is 1. The van der Waals surface area contributed by atoms with Crippen LogP contribution in [0.5, 0.6) is 0 Å². The van der Waals surface area contributed by atoms with Crippen LogP contribution in [0.15, 0.2) is 151 Å². The summed E-state index contributed by atoms with van der Waals surface area (Å²) in [6.45, 7) is 0. The van der Waals surface area contributed by atoms with E-state index >= 15 is 0 Å². The predicted octanol–water partition coefficient (Wildman–Crippen LogP) is 9.58. The average Bonchev–Trinajstić information content (AvgIpc) is 3.15. The van der Waals surface area contributed by atoms with Crippen molar-refractivity contribution < 1.29 is 5.21 Å². The van der Waals surface area contributed by atoms with Crippen molar-refractivity contribution in [3.63, 3.8) is 0 Å². The molecular weight excluding hydrogens is 578 g/mol. The third-order valence-electron chi connectivity index (χ3n) is 8.44. The van der Waals surface area contributed by atoms with E-state index in [1.807, 2.05) is 84.9 Å². The van der Waals surface area contributed by atoms with E-state index in [4.69, 9.17) is 20.4 Å². The zero-order valence-corrected chi connectivity index (χ0v) is 25.2. The van der Waals surface area contributed by atoms with Crippen LogP contribution in [0.25, 0.3) is 73.3 Å². The van der Waals surface area contributed by atoms with Crippen LogP contribution >= 0.6 is 0 Å². The minimum atomic E-state index is 0.163. The standard InChI is InChI=1S/C41H27N5O/c42-34-24-23-33-38(40(34)46-47)32-13-7-8-14-35(32)43-39(33)30-21-17-27(18-22-30)26-15-19-29(20-16-26)37-25-36(28-9-3-1-4-10-28)44-41(45-37)31-11-5-2-6-12-31/h1-25,42,47H/b42-34?,46-40+. The van der Waals surface area contributed by atoms with Crippen LogP contribution in [-0.4, -0.2) is 31.6 Å². The molecule has 0 radical (unpaired) electrons. The van der Waals surface area contributed by atoms with E-state index in [1.165, 1.54) is 0 Å². The number of fused-ring (bicyclic) bond motifs is 3. The first kappa shape index (κ1) is 28.0. The van der Waals surface area contributed by atoms with Crippen molar-refractivity contribution in [3.8, 4) is 56.3 Å². The Kier molecular flexibility index (Phi) is 7.00. The van der Waals surface area contributed by atoms with E-state index in [-0.39, 0.29) is 11.4 Å². The molecule has 0 bridgehead atoms. The summed E-state index contributed by atoms with van der Waals surface area (Å²) in [6.07, 6.45) is 3.53. The van der Waals surface area contributed by atoms with Crippen LogP contribution in [0.1, 0.15) is 11.1 Å². The molecule has 5 aromatic carbocycles. The van der Waals surface area contributed by atoms with Gasteiger partial charge in [0.25, 0.3) is 0 Å². The fraction of sp³-hybridized carbons (Fsp3) is 0. The van der Waals surface area contributed by atoms with Gasteiger partial charge in [-0.25, -0.2) is 15.0 Å². The van der Waals surface area contributed by atoms with E-state index in [1.54, 1.807) is 6.08 Å². The number of oxime groups is 1. The Morgan fingerprint density at radius 3 is 1.68 bits per heavy atom. The number of allylic oxidation sites excluding steroid dienone is 1. The lowest BCUT2D eigenvalue weighted by atomic mass is 9.88. The minimum absolute atomic E-state index is 0.163. The summed E-state index contributed by atoms with van der Waals surface area (Å²) in [4.78, 5) is 14.9. The smallest absolute Gasteiger partial charge is 0.160 e. The number of nitrogens with zero attached hydrogens (tertiary/aromatic N) is 4. The number of aromatic nitrogens is 3. The molecule has 2 heterocycles. The van der Waals surface area contributed by atoms with Crippen LogP contribution < -0.4 is 0 Å². The zero-order chi connectivity index (χ0) is 31.7. The highest BCUT2D eigenvalue weighted by Gasteiger charge is 2.24. The maximum atomic E-state index is 9.80. The molecule has 0 saturated carbocycles. The largest absolute Gasteiger partial charge is 0.410 e. The first-order valence-corrected chi connectivity index (χ1v) is 15.3. The average molecular weight is 606 g/mol. The Bertz CT molecular complexity index is 2290. The summed E-state index contributed by atoms with van der Waals surface area (Å²) in [5.74, 6) is 0.690. The van der Waals surface area contributed by atoms with E-state index < -0.39 is 0 Å². The van der Waals surface area contributed by atoms with Gasteiger partial charge >= 0.3 is 0 Å². The van der Waals surface area contributed by atoms with Crippen molar-refractivity contribution in [1.82, 2.24) is 15.0 Å². The summed E-state index contributed by atoms with van der Waals surface area (Å²) >= 11 is 0. The van der Waals surface area contributed by atoms with Crippen LogP contribution in [0.3, 0.4) is 0 Å². The fourth-order valence-electron chi connectivity index (χ4n) is 6.07. The van der Waals surface area contributed by atoms with E-state index in [9.17, 15) is 5.21 Å². The molecule has 0 unspecified atom stereocenters. The molecule has 6 nitrogen and oxygen atoms in total. The summed E-state index contributed by atoms with van der Waals surface area (Å²) < 4.78 is 0. The normalized spacial score (nSPS) is 13.2. The molecule has 1 aliphatic rings. The lowest BCUT2D eigenvalue weighted by molar-refractivity contribution is 0.320. The molecule has 6 heteroatoms. The third kappa shape index (κ3) is 5.18. The van der Waals surface area contributed by atoms with Gasteiger partial charge in [0.2, 0.25) is 0 Å². The molecule has 0 amide bonds. The number of pyridine rings is 1. The van der Waals surface area contributed by atoms with Crippen molar-refractivity contribution in [2.45, 2.75) is 0 Å². The molecule has 47 heavy (non-hydrogen) atoms. The Hall–Kier alpha value is -6.53. The SMILES string of the molecule is N=C1C=Cc2c(-c3ccc(-c4ccc(-c5cc(-c6ccccc6)nc(-c6ccccc6)n5)cc4)cc3)nc3ccccc3c2/C1=N/O. The molecular formula is C41H27N5O. The molecule has 7 aromatic rings. The highest BCUT2D eigenvalue weighted by atomic mass is 16.4. The quantitative estimate of drug-likeness (QED) is 0.151. The van der Waals surface area contributed by atoms with Gasteiger partial charge in [0, 0.05) is 38.8 Å². The Balaban J connectivity index is 1.14. The topological polar surface area (TPSA) is 95.1 Å². The van der Waals surface area contributed by atoms with Gasteiger partial charge < -0.3 is 5.21 Å². The number of hydrogen-bond acceptors (Lipinski definition) is 6. The van der Waals surface area contributed by atoms with Crippen molar-refractivity contribution in [2.24, 2.45) is 5.16 Å². The Labute approximate surface area is 271 Å². The van der Waals surface area contributed by atoms with Crippen molar-refractivity contribution in [1.29, 1.82) is 5.41 Å². The van der Waals surface area contributed by atoms with Crippen LogP contribution in [0, 0.1) is 5.41 Å². The van der Waals surface area contributed by atoms with Gasteiger partial charge in [-0.15, -0.1) is 0 Å². The molecule has 2 N–H and O–H groups in total. The molecule has 0 saturated heterocycles. The van der Waals surface area contributed by atoms with E-state index in [0.717, 1.165) is 72.5 Å². The lowest BCUT2D eigenvalue weighted by Crippen LogP contribution is -2.18. The van der Waals surface area contributed by atoms with Crippen molar-refractivity contribution in [3.05, 3.63) is 157 Å². The molecule has 2 aromatic heterocycles. The molecule has 8 rings (SSSR count). The summed E-state index contributed by atoms with van der Waals surface area (Å²) in [7, 11) is 0. The second-order valence-electron chi connectivity index (χ2n) is 11.3. The second kappa shape index (κ2) is 11.8. The van der Waals surface area contributed by atoms with Crippen LogP contribution in [-0.2, 0) is 0 Å². The summed E-state index contributed by atoms with van der Waals surface area (Å²) in [6, 6.07) is 46.8. The first-order valence-electron chi connectivity index (χ1n) is 15.3. The molecule has 1 aliphatic carbocycles. The maximum Gasteiger partial charge on any atom is 0.160 e. The Morgan fingerprint density at radius 1 is 0.511 bits per heavy atom. The molecule has 222 valence electrons. The van der Waals surface area contributed by atoms with Gasteiger partial charge in [-0.2, -0.15) is 0 Å². The Morgan fingerprint density at radius 2 is 1.04 bits per heavy atom. The van der Waals surface area contributed by atoms with Gasteiger partial charge in [0.15, 0.2) is 5.82 Å². The minimum Gasteiger partial charge on any atom is -0.410 e. The van der Waals surface area contributed by atoms with Gasteiger partial charge in [0.1, 0.15) is 5.71 Å². The van der Waals surface area contributed by atoms with Crippen molar-refractivity contribution >= 4 is 28.4 Å². The van der Waals surface area contributed by atoms with Crippen molar-refractivity contribution in [2.75, 3.05) is 0 Å². The maximum absolute atomic E-state index is 9.80. The second-order valence-corrected chi connectivity index (χ2v) is 11.3. The number of para-hydroxylation sites is 1. The van der Waals surface area contributed by atoms with Gasteiger partial charge in [-0.3, -0.25) is 5.41 Å². The first-order chi connectivity index (χ1) is 23.2. The number of rotatable bonds is 5. The molecule has 0 spiro atoms. The summed E-state index contributed by atoms with van der Waals surface area (Å²) in [5.41, 5.74) is 11.4. The highest BCUT2D eigenvalue weighted by molar-refractivity contribution is 6.55. The third-order valence-corrected chi connectivity index (χ3v) is 8.44. The van der Waals surface area contributed by atoms with Gasteiger partial charge in [-0.05, 0) is 35.4 Å². The molecule has 0 aliphatic heterocycles. The van der Waals surface area contributed by atoms with Gasteiger partial charge in [-0.1, -0.05) is 133 Å². The van der Waals surface area contributed by atoms with Gasteiger partial charge in [0.05, 0.1) is 28.3 Å². The number of benzene rings is 5. The monoisotopic (exact) mass is 605 g/mol. The van der Waals surface area contributed by atoms with E-state index in [2.05, 4.69) is 65.8 Å².